The van der Waals surface area contributed by atoms with Crippen molar-refractivity contribution in [3.8, 4) is 0 Å². The summed E-state index contributed by atoms with van der Waals surface area (Å²) < 4.78 is 0. The molecular weight excluding hydrogens is 228 g/mol. The fourth-order valence-electron chi connectivity index (χ4n) is 2.61. The van der Waals surface area contributed by atoms with Crippen LogP contribution < -0.4 is 5.73 Å². The third kappa shape index (κ3) is 2.07. The Kier molecular flexibility index (Phi) is 2.85. The van der Waals surface area contributed by atoms with E-state index in [1.54, 1.807) is 11.3 Å². The Morgan fingerprint density at radius 2 is 2.00 bits per heavy atom. The second-order valence-electron chi connectivity index (χ2n) is 4.57. The Morgan fingerprint density at radius 3 is 2.82 bits per heavy atom. The SMILES string of the molecule is Nc1nc2c(s1)CCCCC2c1ccccc1. The number of anilines is 1. The largest absolute Gasteiger partial charge is 0.375 e. The number of benzene rings is 1. The summed E-state index contributed by atoms with van der Waals surface area (Å²) in [5.41, 5.74) is 8.47. The summed E-state index contributed by atoms with van der Waals surface area (Å²) in [6, 6.07) is 10.7. The molecule has 88 valence electrons. The van der Waals surface area contributed by atoms with Crippen molar-refractivity contribution in [1.82, 2.24) is 4.98 Å². The van der Waals surface area contributed by atoms with E-state index in [1.807, 2.05) is 0 Å². The maximum absolute atomic E-state index is 5.86. The molecule has 1 atom stereocenters. The summed E-state index contributed by atoms with van der Waals surface area (Å²) >= 11 is 1.67. The van der Waals surface area contributed by atoms with E-state index in [9.17, 15) is 0 Å². The van der Waals surface area contributed by atoms with Gasteiger partial charge in [0.15, 0.2) is 5.13 Å². The van der Waals surface area contributed by atoms with Crippen LogP contribution in [0.2, 0.25) is 0 Å². The summed E-state index contributed by atoms with van der Waals surface area (Å²) in [4.78, 5) is 5.96. The number of nitrogens with two attached hydrogens (primary N) is 1. The second-order valence-corrected chi connectivity index (χ2v) is 5.68. The van der Waals surface area contributed by atoms with Crippen LogP contribution in [0.15, 0.2) is 30.3 Å². The number of thiazole rings is 1. The molecule has 17 heavy (non-hydrogen) atoms. The molecule has 1 aliphatic rings. The van der Waals surface area contributed by atoms with E-state index in [0.717, 1.165) is 11.6 Å². The van der Waals surface area contributed by atoms with E-state index < -0.39 is 0 Å². The van der Waals surface area contributed by atoms with Gasteiger partial charge in [0.05, 0.1) is 5.69 Å². The second kappa shape index (κ2) is 4.49. The van der Waals surface area contributed by atoms with Crippen LogP contribution in [0.25, 0.3) is 0 Å². The Balaban J connectivity index is 2.05. The van der Waals surface area contributed by atoms with Gasteiger partial charge < -0.3 is 5.73 Å². The molecule has 2 N–H and O–H groups in total. The van der Waals surface area contributed by atoms with E-state index >= 15 is 0 Å². The zero-order chi connectivity index (χ0) is 11.7. The van der Waals surface area contributed by atoms with Crippen molar-refractivity contribution in [3.63, 3.8) is 0 Å². The number of hydrogen-bond acceptors (Lipinski definition) is 3. The lowest BCUT2D eigenvalue weighted by atomic mass is 9.92. The third-order valence-electron chi connectivity index (χ3n) is 3.42. The van der Waals surface area contributed by atoms with Crippen molar-refractivity contribution < 1.29 is 0 Å². The number of hydrogen-bond donors (Lipinski definition) is 1. The first kappa shape index (κ1) is 10.8. The Hall–Kier alpha value is -1.35. The van der Waals surface area contributed by atoms with Gasteiger partial charge in [0.1, 0.15) is 0 Å². The van der Waals surface area contributed by atoms with E-state index in [-0.39, 0.29) is 0 Å². The molecule has 2 aromatic rings. The maximum Gasteiger partial charge on any atom is 0.180 e. The van der Waals surface area contributed by atoms with Crippen LogP contribution in [0, 0.1) is 0 Å². The third-order valence-corrected chi connectivity index (χ3v) is 4.38. The Labute approximate surface area is 106 Å². The first-order valence-corrected chi connectivity index (χ1v) is 6.96. The van der Waals surface area contributed by atoms with Crippen molar-refractivity contribution in [2.45, 2.75) is 31.6 Å². The van der Waals surface area contributed by atoms with Gasteiger partial charge in [0, 0.05) is 10.8 Å². The Morgan fingerprint density at radius 1 is 1.18 bits per heavy atom. The van der Waals surface area contributed by atoms with E-state index in [2.05, 4.69) is 35.3 Å². The molecule has 1 aromatic carbocycles. The predicted octanol–water partition coefficient (Wildman–Crippen LogP) is 3.58. The highest BCUT2D eigenvalue weighted by molar-refractivity contribution is 7.15. The molecule has 1 unspecified atom stereocenters. The van der Waals surface area contributed by atoms with Crippen LogP contribution >= 0.6 is 11.3 Å². The normalized spacial score (nSPS) is 19.6. The lowest BCUT2D eigenvalue weighted by Gasteiger charge is -2.14. The van der Waals surface area contributed by atoms with Crippen LogP contribution in [0.1, 0.15) is 41.3 Å². The molecule has 0 spiro atoms. The standard InChI is InChI=1S/C14H16N2S/c15-14-16-13-11(10-6-2-1-3-7-10)8-4-5-9-12(13)17-14/h1-3,6-7,11H,4-5,8-9H2,(H2,15,16). The first-order chi connectivity index (χ1) is 8.34. The van der Waals surface area contributed by atoms with Crippen molar-refractivity contribution in [1.29, 1.82) is 0 Å². The molecule has 0 aliphatic heterocycles. The fourth-order valence-corrected chi connectivity index (χ4v) is 3.55. The number of fused-ring (bicyclic) bond motifs is 1. The van der Waals surface area contributed by atoms with Crippen molar-refractivity contribution in [3.05, 3.63) is 46.5 Å². The molecule has 1 aliphatic carbocycles. The van der Waals surface area contributed by atoms with Gasteiger partial charge in [0.2, 0.25) is 0 Å². The zero-order valence-corrected chi connectivity index (χ0v) is 10.5. The number of aryl methyl sites for hydroxylation is 1. The molecular formula is C14H16N2S. The minimum Gasteiger partial charge on any atom is -0.375 e. The minimum atomic E-state index is 0.447. The quantitative estimate of drug-likeness (QED) is 0.779. The predicted molar refractivity (Wildman–Crippen MR) is 72.4 cm³/mol. The van der Waals surface area contributed by atoms with E-state index in [4.69, 9.17) is 5.73 Å². The lowest BCUT2D eigenvalue weighted by Crippen LogP contribution is -2.02. The van der Waals surface area contributed by atoms with Crippen LogP contribution in [0.4, 0.5) is 5.13 Å². The molecule has 3 rings (SSSR count). The van der Waals surface area contributed by atoms with E-state index in [1.165, 1.54) is 35.4 Å². The van der Waals surface area contributed by atoms with Gasteiger partial charge in [-0.25, -0.2) is 4.98 Å². The monoisotopic (exact) mass is 244 g/mol. The van der Waals surface area contributed by atoms with E-state index in [0.29, 0.717) is 5.92 Å². The molecule has 0 amide bonds. The summed E-state index contributed by atoms with van der Waals surface area (Å²) in [7, 11) is 0. The van der Waals surface area contributed by atoms with Gasteiger partial charge in [-0.05, 0) is 24.8 Å². The Bertz CT molecular complexity index is 504. The minimum absolute atomic E-state index is 0.447. The zero-order valence-electron chi connectivity index (χ0n) is 9.73. The first-order valence-electron chi connectivity index (χ1n) is 6.14. The summed E-state index contributed by atoms with van der Waals surface area (Å²) in [6.07, 6.45) is 4.88. The van der Waals surface area contributed by atoms with Gasteiger partial charge in [0.25, 0.3) is 0 Å². The fraction of sp³-hybridized carbons (Fsp3) is 0.357. The maximum atomic E-state index is 5.86. The van der Waals surface area contributed by atoms with Gasteiger partial charge in [-0.1, -0.05) is 36.8 Å². The molecule has 0 fully saturated rings. The average Bonchev–Trinajstić information content (AvgIpc) is 2.61. The highest BCUT2D eigenvalue weighted by atomic mass is 32.1. The smallest absolute Gasteiger partial charge is 0.180 e. The molecule has 3 heteroatoms. The van der Waals surface area contributed by atoms with Crippen LogP contribution in [-0.2, 0) is 6.42 Å². The average molecular weight is 244 g/mol. The van der Waals surface area contributed by atoms with Gasteiger partial charge in [-0.2, -0.15) is 0 Å². The summed E-state index contributed by atoms with van der Waals surface area (Å²) in [5.74, 6) is 0.447. The summed E-state index contributed by atoms with van der Waals surface area (Å²) in [5, 5.41) is 0.720. The number of rotatable bonds is 1. The van der Waals surface area contributed by atoms with Gasteiger partial charge >= 0.3 is 0 Å². The molecule has 0 radical (unpaired) electrons. The van der Waals surface area contributed by atoms with Crippen LogP contribution in [0.5, 0.6) is 0 Å². The lowest BCUT2D eigenvalue weighted by molar-refractivity contribution is 0.651. The number of nitrogens with zero attached hydrogens (tertiary/aromatic N) is 1. The highest BCUT2D eigenvalue weighted by Gasteiger charge is 2.23. The molecule has 2 nitrogen and oxygen atoms in total. The number of nitrogen functional groups attached to an aromatic ring is 1. The topological polar surface area (TPSA) is 38.9 Å². The van der Waals surface area contributed by atoms with Crippen LogP contribution in [0.3, 0.4) is 0 Å². The van der Waals surface area contributed by atoms with Crippen molar-refractivity contribution >= 4 is 16.5 Å². The van der Waals surface area contributed by atoms with Crippen molar-refractivity contribution in [2.24, 2.45) is 0 Å². The van der Waals surface area contributed by atoms with Crippen LogP contribution in [-0.4, -0.2) is 4.98 Å². The molecule has 0 bridgehead atoms. The van der Waals surface area contributed by atoms with Crippen molar-refractivity contribution in [2.75, 3.05) is 5.73 Å². The van der Waals surface area contributed by atoms with Gasteiger partial charge in [-0.15, -0.1) is 11.3 Å². The number of aromatic nitrogens is 1. The molecule has 0 saturated heterocycles. The summed E-state index contributed by atoms with van der Waals surface area (Å²) in [6.45, 7) is 0. The highest BCUT2D eigenvalue weighted by Crippen LogP contribution is 2.38. The van der Waals surface area contributed by atoms with Gasteiger partial charge in [-0.3, -0.25) is 0 Å². The molecule has 0 saturated carbocycles. The molecule has 1 heterocycles. The molecule has 1 aromatic heterocycles.